The molecule has 0 unspecified atom stereocenters. The van der Waals surface area contributed by atoms with E-state index in [1.165, 1.54) is 6.26 Å². The number of nitrogens with zero attached hydrogens (tertiary/aromatic N) is 3. The van der Waals surface area contributed by atoms with Gasteiger partial charge in [0.1, 0.15) is 25.2 Å². The molecule has 3 aromatic rings. The average Bonchev–Trinajstić information content (AvgIpc) is 3.09. The minimum absolute atomic E-state index is 0.222. The summed E-state index contributed by atoms with van der Waals surface area (Å²) >= 11 is 12.3. The summed E-state index contributed by atoms with van der Waals surface area (Å²) in [5, 5.41) is 1.10. The minimum atomic E-state index is -0.269. The summed E-state index contributed by atoms with van der Waals surface area (Å²) in [6.07, 6.45) is 4.63. The Morgan fingerprint density at radius 2 is 1.70 bits per heavy atom. The molecule has 142 valence electrons. The van der Waals surface area contributed by atoms with Crippen molar-refractivity contribution in [2.45, 2.75) is 39.6 Å². The number of benzene rings is 1. The normalized spacial score (nSPS) is 11.6. The van der Waals surface area contributed by atoms with Crippen LogP contribution in [0.2, 0.25) is 10.0 Å². The molecule has 2 aromatic heterocycles. The number of aromatic nitrogens is 3. The van der Waals surface area contributed by atoms with Crippen molar-refractivity contribution < 1.29 is 13.9 Å². The van der Waals surface area contributed by atoms with Gasteiger partial charge in [-0.1, -0.05) is 29.3 Å². The zero-order chi connectivity index (χ0) is 19.4. The van der Waals surface area contributed by atoms with E-state index in [9.17, 15) is 0 Å². The summed E-state index contributed by atoms with van der Waals surface area (Å²) in [4.78, 5) is 12.9. The Morgan fingerprint density at radius 3 is 2.33 bits per heavy atom. The average molecular weight is 408 g/mol. The molecular weight excluding hydrogens is 389 g/mol. The fourth-order valence-electron chi connectivity index (χ4n) is 2.11. The highest BCUT2D eigenvalue weighted by atomic mass is 35.5. The molecule has 6 nitrogen and oxygen atoms in total. The van der Waals surface area contributed by atoms with Gasteiger partial charge in [-0.3, -0.25) is 0 Å². The Kier molecular flexibility index (Phi) is 5.99. The van der Waals surface area contributed by atoms with Gasteiger partial charge in [0.2, 0.25) is 5.89 Å². The van der Waals surface area contributed by atoms with E-state index in [1.807, 2.05) is 20.8 Å². The summed E-state index contributed by atoms with van der Waals surface area (Å²) in [6.45, 7) is 6.40. The molecule has 27 heavy (non-hydrogen) atoms. The van der Waals surface area contributed by atoms with Crippen molar-refractivity contribution in [3.8, 4) is 17.3 Å². The van der Waals surface area contributed by atoms with Crippen LogP contribution < -0.4 is 4.74 Å². The number of ether oxygens (including phenoxy) is 2. The van der Waals surface area contributed by atoms with Crippen LogP contribution in [0, 0.1) is 0 Å². The summed E-state index contributed by atoms with van der Waals surface area (Å²) < 4.78 is 16.7. The monoisotopic (exact) mass is 407 g/mol. The molecule has 0 fully saturated rings. The maximum Gasteiger partial charge on any atom is 0.220 e. The van der Waals surface area contributed by atoms with Crippen LogP contribution in [0.1, 0.15) is 32.2 Å². The third-order valence-corrected chi connectivity index (χ3v) is 4.19. The van der Waals surface area contributed by atoms with Gasteiger partial charge >= 0.3 is 0 Å². The largest absolute Gasteiger partial charge is 0.486 e. The quantitative estimate of drug-likeness (QED) is 0.549. The maximum absolute atomic E-state index is 6.13. The molecule has 8 heteroatoms. The molecule has 0 aliphatic rings. The van der Waals surface area contributed by atoms with Gasteiger partial charge in [-0.05, 0) is 32.9 Å². The van der Waals surface area contributed by atoms with Gasteiger partial charge in [0.15, 0.2) is 11.6 Å². The number of oxazole rings is 1. The third kappa shape index (κ3) is 5.42. The van der Waals surface area contributed by atoms with Gasteiger partial charge in [0.25, 0.3) is 0 Å². The maximum atomic E-state index is 6.13. The summed E-state index contributed by atoms with van der Waals surface area (Å²) in [6, 6.07) is 5.30. The molecule has 0 atom stereocenters. The molecule has 0 N–H and O–H groups in total. The van der Waals surface area contributed by atoms with Gasteiger partial charge in [-0.15, -0.1) is 0 Å². The Morgan fingerprint density at radius 1 is 1.04 bits per heavy atom. The van der Waals surface area contributed by atoms with E-state index >= 15 is 0 Å². The van der Waals surface area contributed by atoms with Gasteiger partial charge in [-0.2, -0.15) is 0 Å². The zero-order valence-electron chi connectivity index (χ0n) is 15.2. The Labute approximate surface area is 167 Å². The molecule has 0 aliphatic heterocycles. The molecule has 0 radical (unpaired) electrons. The van der Waals surface area contributed by atoms with Crippen molar-refractivity contribution in [1.82, 2.24) is 15.0 Å². The highest BCUT2D eigenvalue weighted by Gasteiger charge is 2.14. The molecule has 3 rings (SSSR count). The predicted molar refractivity (Wildman–Crippen MR) is 103 cm³/mol. The van der Waals surface area contributed by atoms with E-state index in [0.29, 0.717) is 38.8 Å². The van der Waals surface area contributed by atoms with Gasteiger partial charge in [0.05, 0.1) is 18.0 Å². The molecule has 0 amide bonds. The summed E-state index contributed by atoms with van der Waals surface area (Å²) in [7, 11) is 0. The second-order valence-corrected chi connectivity index (χ2v) is 7.57. The van der Waals surface area contributed by atoms with Crippen LogP contribution in [0.4, 0.5) is 0 Å². The van der Waals surface area contributed by atoms with Crippen molar-refractivity contribution in [3.05, 3.63) is 58.4 Å². The highest BCUT2D eigenvalue weighted by Crippen LogP contribution is 2.26. The topological polar surface area (TPSA) is 70.3 Å². The lowest BCUT2D eigenvalue weighted by molar-refractivity contribution is -0.0243. The van der Waals surface area contributed by atoms with Crippen molar-refractivity contribution in [2.75, 3.05) is 0 Å². The van der Waals surface area contributed by atoms with Gasteiger partial charge in [0, 0.05) is 15.6 Å². The Hall–Kier alpha value is -2.15. The van der Waals surface area contributed by atoms with Crippen LogP contribution in [0.15, 0.2) is 41.3 Å². The summed E-state index contributed by atoms with van der Waals surface area (Å²) in [5.74, 6) is 1.40. The fourth-order valence-corrected chi connectivity index (χ4v) is 2.61. The lowest BCUT2D eigenvalue weighted by Gasteiger charge is -2.17. The fraction of sp³-hybridized carbons (Fsp3) is 0.316. The molecule has 1 aromatic carbocycles. The summed E-state index contributed by atoms with van der Waals surface area (Å²) in [5.41, 5.74) is 0.974. The van der Waals surface area contributed by atoms with Crippen molar-refractivity contribution >= 4 is 23.2 Å². The first-order valence-electron chi connectivity index (χ1n) is 8.28. The van der Waals surface area contributed by atoms with Crippen LogP contribution in [-0.2, 0) is 18.0 Å². The smallest absolute Gasteiger partial charge is 0.220 e. The first kappa shape index (κ1) is 19.6. The number of hydrogen-bond donors (Lipinski definition) is 0. The number of halogens is 2. The molecule has 2 heterocycles. The first-order valence-corrected chi connectivity index (χ1v) is 9.04. The van der Waals surface area contributed by atoms with Gasteiger partial charge in [-0.25, -0.2) is 15.0 Å². The van der Waals surface area contributed by atoms with E-state index in [4.69, 9.17) is 37.1 Å². The van der Waals surface area contributed by atoms with Gasteiger partial charge < -0.3 is 13.9 Å². The SMILES string of the molecule is CC(C)(C)OCc1nc(-c2ncc(OCc3c(Cl)cccc3Cl)cn2)co1. The molecule has 0 bridgehead atoms. The second kappa shape index (κ2) is 8.25. The highest BCUT2D eigenvalue weighted by molar-refractivity contribution is 6.35. The molecular formula is C19H19Cl2N3O3. The van der Waals surface area contributed by atoms with Crippen LogP contribution in [0.5, 0.6) is 5.75 Å². The standard InChI is InChI=1S/C19H19Cl2N3O3/c1-19(2,3)27-11-17-24-16(10-26-17)18-22-7-12(8-23-18)25-9-13-14(20)5-4-6-15(13)21/h4-8,10H,9,11H2,1-3H3. The zero-order valence-corrected chi connectivity index (χ0v) is 16.7. The van der Waals surface area contributed by atoms with Crippen molar-refractivity contribution in [3.63, 3.8) is 0 Å². The van der Waals surface area contributed by atoms with Crippen molar-refractivity contribution in [1.29, 1.82) is 0 Å². The number of rotatable bonds is 6. The van der Waals surface area contributed by atoms with Crippen LogP contribution in [0.25, 0.3) is 11.5 Å². The van der Waals surface area contributed by atoms with Crippen molar-refractivity contribution in [2.24, 2.45) is 0 Å². The Balaban J connectivity index is 1.63. The van der Waals surface area contributed by atoms with Crippen LogP contribution in [0.3, 0.4) is 0 Å². The lowest BCUT2D eigenvalue weighted by Crippen LogP contribution is -2.18. The van der Waals surface area contributed by atoms with E-state index in [2.05, 4.69) is 15.0 Å². The minimum Gasteiger partial charge on any atom is -0.486 e. The molecule has 0 spiro atoms. The lowest BCUT2D eigenvalue weighted by atomic mass is 10.2. The molecule has 0 saturated heterocycles. The third-order valence-electron chi connectivity index (χ3n) is 3.48. The molecule has 0 aliphatic carbocycles. The number of hydrogen-bond acceptors (Lipinski definition) is 6. The van der Waals surface area contributed by atoms with Crippen LogP contribution in [-0.4, -0.2) is 20.6 Å². The first-order chi connectivity index (χ1) is 12.8. The van der Waals surface area contributed by atoms with E-state index in [-0.39, 0.29) is 18.8 Å². The second-order valence-electron chi connectivity index (χ2n) is 6.76. The van der Waals surface area contributed by atoms with E-state index in [0.717, 1.165) is 0 Å². The predicted octanol–water partition coefficient (Wildman–Crippen LogP) is 5.33. The van der Waals surface area contributed by atoms with E-state index in [1.54, 1.807) is 30.6 Å². The van der Waals surface area contributed by atoms with Crippen LogP contribution >= 0.6 is 23.2 Å². The van der Waals surface area contributed by atoms with E-state index < -0.39 is 0 Å². The Bertz CT molecular complexity index is 885. The molecule has 0 saturated carbocycles.